The average Bonchev–Trinajstić information content (AvgIpc) is 3.06. The largest absolute Gasteiger partial charge is 0.508 e. The Kier molecular flexibility index (Phi) is 8.79. The molecule has 2 aliphatic carbocycles. The van der Waals surface area contributed by atoms with Gasteiger partial charge in [-0.05, 0) is 37.1 Å². The van der Waals surface area contributed by atoms with E-state index in [1.807, 2.05) is 0 Å². The van der Waals surface area contributed by atoms with Gasteiger partial charge in [0.05, 0.1) is 42.1 Å². The third-order valence-electron chi connectivity index (χ3n) is 9.59. The first kappa shape index (κ1) is 33.5. The second-order valence-corrected chi connectivity index (χ2v) is 12.6. The first-order valence-corrected chi connectivity index (χ1v) is 15.5. The number of hydrogen-bond acceptors (Lipinski definition) is 13. The Labute approximate surface area is 275 Å². The zero-order valence-electron chi connectivity index (χ0n) is 26.5. The van der Waals surface area contributed by atoms with Crippen molar-refractivity contribution in [2.24, 2.45) is 0 Å². The summed E-state index contributed by atoms with van der Waals surface area (Å²) in [5.74, 6) is -3.66. The van der Waals surface area contributed by atoms with Gasteiger partial charge in [0.2, 0.25) is 5.78 Å². The number of ketones is 3. The van der Waals surface area contributed by atoms with Crippen LogP contribution in [0.5, 0.6) is 23.0 Å². The number of phenols is 3. The molecule has 13 heteroatoms. The molecule has 6 rings (SSSR count). The van der Waals surface area contributed by atoms with E-state index in [9.17, 15) is 45.0 Å². The smallest absolute Gasteiger partial charge is 0.202 e. The van der Waals surface area contributed by atoms with E-state index in [2.05, 4.69) is 5.32 Å². The van der Waals surface area contributed by atoms with E-state index in [0.717, 1.165) is 5.56 Å². The fraction of sp³-hybridized carbons (Fsp3) is 0.400. The summed E-state index contributed by atoms with van der Waals surface area (Å²) in [6.07, 6.45) is -5.18. The molecule has 13 nitrogen and oxygen atoms in total. The molecule has 254 valence electrons. The van der Waals surface area contributed by atoms with E-state index in [-0.39, 0.29) is 40.2 Å². The minimum Gasteiger partial charge on any atom is -0.508 e. The number of hydrogen-bond donors (Lipinski definition) is 7. The molecule has 0 saturated carbocycles. The SMILES string of the molecule is COc1cccc2c1C(=O)c1c(O)c3c(c(O)c1C2=O)C[C@@](O)(C(=O)CO)C[C@@H]3O[C@H]1C[C@H](NCc2ccc(O)c(C)c2)[C@@H](O)C(C)O1. The fourth-order valence-electron chi connectivity index (χ4n) is 6.99. The maximum absolute atomic E-state index is 13.9. The van der Waals surface area contributed by atoms with E-state index in [1.165, 1.54) is 25.3 Å². The van der Waals surface area contributed by atoms with Crippen LogP contribution in [0.15, 0.2) is 36.4 Å². The molecule has 0 aromatic heterocycles. The number of benzene rings is 3. The van der Waals surface area contributed by atoms with Crippen molar-refractivity contribution in [1.82, 2.24) is 5.32 Å². The van der Waals surface area contributed by atoms with Crippen LogP contribution in [0.3, 0.4) is 0 Å². The topological polar surface area (TPSA) is 212 Å². The number of aliphatic hydroxyl groups excluding tert-OH is 2. The Balaban J connectivity index is 1.38. The zero-order valence-corrected chi connectivity index (χ0v) is 26.5. The van der Waals surface area contributed by atoms with Gasteiger partial charge in [-0.2, -0.15) is 0 Å². The molecule has 1 saturated heterocycles. The second-order valence-electron chi connectivity index (χ2n) is 12.6. The highest BCUT2D eigenvalue weighted by Gasteiger charge is 2.50. The highest BCUT2D eigenvalue weighted by Crippen LogP contribution is 2.52. The number of ether oxygens (including phenoxy) is 3. The van der Waals surface area contributed by atoms with E-state index in [1.54, 1.807) is 32.0 Å². The highest BCUT2D eigenvalue weighted by atomic mass is 16.7. The molecule has 0 radical (unpaired) electrons. The van der Waals surface area contributed by atoms with Crippen LogP contribution in [0.25, 0.3) is 0 Å². The standard InChI is InChI=1S/C35H37NO12/c1-15-9-17(7-8-21(15)38)13-36-20-10-25(47-16(2)30(20)40)48-23-12-35(45,24(39)14-37)11-19-27(23)34(44)29-28(32(19)42)31(41)18-5-4-6-22(46-3)26(18)33(29)43/h4-9,16,20,23,25,30,36-38,40,42,44-45H,10-14H2,1-3H3/t16?,20-,23-,25-,30-,35-/m0/s1. The molecule has 48 heavy (non-hydrogen) atoms. The van der Waals surface area contributed by atoms with Crippen LogP contribution in [0.2, 0.25) is 0 Å². The maximum Gasteiger partial charge on any atom is 0.202 e. The van der Waals surface area contributed by atoms with Gasteiger partial charge in [0.15, 0.2) is 17.9 Å². The molecule has 3 aliphatic rings. The normalized spacial score (nSPS) is 26.4. The molecule has 1 fully saturated rings. The number of aliphatic hydroxyl groups is 3. The van der Waals surface area contributed by atoms with E-state index >= 15 is 0 Å². The van der Waals surface area contributed by atoms with Crippen molar-refractivity contribution in [2.45, 2.75) is 75.9 Å². The lowest BCUT2D eigenvalue weighted by Gasteiger charge is -2.43. The summed E-state index contributed by atoms with van der Waals surface area (Å²) in [5, 5.41) is 68.5. The van der Waals surface area contributed by atoms with Gasteiger partial charge in [0, 0.05) is 48.5 Å². The van der Waals surface area contributed by atoms with E-state index in [4.69, 9.17) is 14.2 Å². The minimum absolute atomic E-state index is 0.0593. The number of phenolic OH excluding ortho intramolecular Hbond substituents is 3. The molecule has 0 spiro atoms. The van der Waals surface area contributed by atoms with Crippen molar-refractivity contribution in [3.05, 3.63) is 80.9 Å². The average molecular weight is 664 g/mol. The summed E-state index contributed by atoms with van der Waals surface area (Å²) in [7, 11) is 1.33. The summed E-state index contributed by atoms with van der Waals surface area (Å²) < 4.78 is 17.6. The minimum atomic E-state index is -2.28. The molecule has 6 atom stereocenters. The fourth-order valence-corrected chi connectivity index (χ4v) is 6.99. The van der Waals surface area contributed by atoms with Crippen LogP contribution in [-0.4, -0.2) is 91.8 Å². The van der Waals surface area contributed by atoms with Crippen LogP contribution >= 0.6 is 0 Å². The molecule has 1 unspecified atom stereocenters. The van der Waals surface area contributed by atoms with Crippen LogP contribution < -0.4 is 10.1 Å². The van der Waals surface area contributed by atoms with E-state index < -0.39 is 95.7 Å². The lowest BCUT2D eigenvalue weighted by atomic mass is 9.72. The number of Topliss-reactive ketones (excluding diaryl/α,β-unsaturated/α-hetero) is 1. The molecule has 3 aromatic rings. The second kappa shape index (κ2) is 12.6. The Hall–Kier alpha value is -4.37. The molecule has 0 amide bonds. The molecule has 0 bridgehead atoms. The number of nitrogens with one attached hydrogen (secondary N) is 1. The number of fused-ring (bicyclic) bond motifs is 3. The summed E-state index contributed by atoms with van der Waals surface area (Å²) in [4.78, 5) is 40.4. The van der Waals surface area contributed by atoms with Gasteiger partial charge in [-0.25, -0.2) is 0 Å². The van der Waals surface area contributed by atoms with Crippen molar-refractivity contribution in [3.63, 3.8) is 0 Å². The molecule has 1 heterocycles. The molecule has 3 aromatic carbocycles. The van der Waals surface area contributed by atoms with Crippen molar-refractivity contribution in [3.8, 4) is 23.0 Å². The van der Waals surface area contributed by atoms with Gasteiger partial charge in [-0.15, -0.1) is 0 Å². The van der Waals surface area contributed by atoms with Gasteiger partial charge >= 0.3 is 0 Å². The number of carbonyl (C=O) groups excluding carboxylic acids is 3. The Bertz CT molecular complexity index is 1820. The maximum atomic E-state index is 13.9. The summed E-state index contributed by atoms with van der Waals surface area (Å²) in [5.41, 5.74) is -2.17. The number of methoxy groups -OCH3 is 1. The number of aryl methyl sites for hydroxylation is 1. The van der Waals surface area contributed by atoms with Crippen molar-refractivity contribution < 1.29 is 59.2 Å². The van der Waals surface area contributed by atoms with Crippen molar-refractivity contribution in [1.29, 1.82) is 0 Å². The third kappa shape index (κ3) is 5.51. The van der Waals surface area contributed by atoms with Crippen LogP contribution in [0.1, 0.15) is 80.0 Å². The molecule has 1 aliphatic heterocycles. The van der Waals surface area contributed by atoms with Crippen LogP contribution in [-0.2, 0) is 27.2 Å². The first-order chi connectivity index (χ1) is 22.8. The van der Waals surface area contributed by atoms with Gasteiger partial charge in [-0.1, -0.05) is 24.3 Å². The Morgan fingerprint density at radius 2 is 1.79 bits per heavy atom. The summed E-state index contributed by atoms with van der Waals surface area (Å²) in [6.45, 7) is 2.70. The predicted molar refractivity (Wildman–Crippen MR) is 167 cm³/mol. The third-order valence-corrected chi connectivity index (χ3v) is 9.59. The quantitative estimate of drug-likeness (QED) is 0.134. The van der Waals surface area contributed by atoms with E-state index in [0.29, 0.717) is 12.1 Å². The number of rotatable bonds is 8. The predicted octanol–water partition coefficient (Wildman–Crippen LogP) is 1.85. The summed E-state index contributed by atoms with van der Waals surface area (Å²) in [6, 6.07) is 8.93. The zero-order chi connectivity index (χ0) is 34.7. The highest BCUT2D eigenvalue weighted by molar-refractivity contribution is 6.31. The Morgan fingerprint density at radius 3 is 2.48 bits per heavy atom. The lowest BCUT2D eigenvalue weighted by Crippen LogP contribution is -2.54. The molecular weight excluding hydrogens is 626 g/mol. The molecule has 7 N–H and O–H groups in total. The van der Waals surface area contributed by atoms with Gasteiger partial charge in [0.1, 0.15) is 35.2 Å². The van der Waals surface area contributed by atoms with Gasteiger partial charge in [0.25, 0.3) is 0 Å². The number of carbonyl (C=O) groups is 3. The Morgan fingerprint density at radius 1 is 1.06 bits per heavy atom. The molecular formula is C35H37NO12. The van der Waals surface area contributed by atoms with Gasteiger partial charge < -0.3 is 50.2 Å². The van der Waals surface area contributed by atoms with Crippen molar-refractivity contribution >= 4 is 17.3 Å². The summed E-state index contributed by atoms with van der Waals surface area (Å²) >= 11 is 0. The van der Waals surface area contributed by atoms with Crippen LogP contribution in [0.4, 0.5) is 0 Å². The van der Waals surface area contributed by atoms with Crippen LogP contribution in [0, 0.1) is 6.92 Å². The number of aromatic hydroxyl groups is 3. The lowest BCUT2D eigenvalue weighted by molar-refractivity contribution is -0.250. The first-order valence-electron chi connectivity index (χ1n) is 15.5. The monoisotopic (exact) mass is 663 g/mol. The van der Waals surface area contributed by atoms with Crippen molar-refractivity contribution in [2.75, 3.05) is 13.7 Å². The van der Waals surface area contributed by atoms with Gasteiger partial charge in [-0.3, -0.25) is 14.4 Å².